The lowest BCUT2D eigenvalue weighted by atomic mass is 9.97. The summed E-state index contributed by atoms with van der Waals surface area (Å²) in [4.78, 5) is 4.21. The number of thiazole rings is 1. The van der Waals surface area contributed by atoms with E-state index in [1.165, 1.54) is 23.1 Å². The van der Waals surface area contributed by atoms with Gasteiger partial charge in [0.1, 0.15) is 79.1 Å². The van der Waals surface area contributed by atoms with Gasteiger partial charge in [-0.25, -0.2) is 10.1 Å². The van der Waals surface area contributed by atoms with Gasteiger partial charge in [0.15, 0.2) is 23.7 Å². The molecule has 2 aliphatic rings. The third-order valence-corrected chi connectivity index (χ3v) is 9.63. The van der Waals surface area contributed by atoms with Crippen molar-refractivity contribution in [3.8, 4) is 0 Å². The molecule has 0 radical (unpaired) electrons. The molecule has 2 fully saturated rings. The summed E-state index contributed by atoms with van der Waals surface area (Å²) in [6, 6.07) is 0. The maximum absolute atomic E-state index is 10.7. The highest BCUT2D eigenvalue weighted by Crippen LogP contribution is 2.28. The van der Waals surface area contributed by atoms with Gasteiger partial charge in [-0.3, -0.25) is 15.5 Å². The predicted octanol–water partition coefficient (Wildman–Crippen LogP) is -9.14. The van der Waals surface area contributed by atoms with Crippen LogP contribution in [0.1, 0.15) is 12.1 Å². The normalized spacial score (nSPS) is 30.3. The van der Waals surface area contributed by atoms with E-state index in [4.69, 9.17) is 71.6 Å². The van der Waals surface area contributed by atoms with Gasteiger partial charge in [0.2, 0.25) is 0 Å². The first-order chi connectivity index (χ1) is 25.6. The van der Waals surface area contributed by atoms with Gasteiger partial charge < -0.3 is 96.8 Å². The van der Waals surface area contributed by atoms with Gasteiger partial charge >= 0.3 is 0 Å². The molecule has 3 rings (SSSR count). The predicted molar refractivity (Wildman–Crippen MR) is 189 cm³/mol. The highest BCUT2D eigenvalue weighted by Gasteiger charge is 2.50. The number of rotatable bonds is 16. The Morgan fingerprint density at radius 2 is 1.45 bits per heavy atom. The van der Waals surface area contributed by atoms with Crippen LogP contribution < -0.4 is 20.9 Å². The molecule has 0 aromatic carbocycles. The lowest BCUT2D eigenvalue weighted by Crippen LogP contribution is -2.64. The fraction of sp³-hybridized carbons (Fsp3) is 0.808. The van der Waals surface area contributed by atoms with Crippen LogP contribution in [0.2, 0.25) is 0 Å². The molecular formula is C26H51N7O19S3. The Balaban J connectivity index is 0.000000434. The average Bonchev–Trinajstić information content (AvgIpc) is 3.58. The number of nitrogens with zero attached hydrogens (tertiary/aromatic N) is 1. The SMILES string of the molecule is N=C(N)Nc1nc(CSCCC(=N)NS(N)(=O)=O)cs1.OC[C@@H](O)[C@@H](O)[C@H](O)[C@H](O)CO.OC[C@H]1O[C@@H](O[C@H]2[C@H](O)[C@@H](O)[C@H](O)O[C@@H]2CO)[C@H](O)[C@@H](O)[C@H]1O. The average molecular weight is 862 g/mol. The van der Waals surface area contributed by atoms with Crippen LogP contribution in [0.25, 0.3) is 0 Å². The van der Waals surface area contributed by atoms with E-state index in [2.05, 4.69) is 10.3 Å². The van der Waals surface area contributed by atoms with Crippen molar-refractivity contribution in [3.63, 3.8) is 0 Å². The van der Waals surface area contributed by atoms with Gasteiger partial charge in [0.05, 0.1) is 32.1 Å². The first-order valence-corrected chi connectivity index (χ1v) is 19.4. The molecule has 0 saturated carbocycles. The zero-order valence-electron chi connectivity index (χ0n) is 28.7. The second-order valence-corrected chi connectivity index (χ2v) is 14.9. The van der Waals surface area contributed by atoms with Crippen molar-refractivity contribution in [1.29, 1.82) is 10.8 Å². The van der Waals surface area contributed by atoms with Crippen molar-refractivity contribution in [2.45, 2.75) is 98.0 Å². The van der Waals surface area contributed by atoms with Crippen LogP contribution >= 0.6 is 23.1 Å². The summed E-state index contributed by atoms with van der Waals surface area (Å²) in [6.45, 7) is -2.80. The highest BCUT2D eigenvalue weighted by atomic mass is 32.2. The van der Waals surface area contributed by atoms with Crippen LogP contribution in [0, 0.1) is 10.8 Å². The van der Waals surface area contributed by atoms with E-state index in [1.54, 1.807) is 0 Å². The quantitative estimate of drug-likeness (QED) is 0.0417. The minimum absolute atomic E-state index is 0.141. The summed E-state index contributed by atoms with van der Waals surface area (Å²) in [5.41, 5.74) is 6.01. The third kappa shape index (κ3) is 17.1. The first kappa shape index (κ1) is 51.0. The van der Waals surface area contributed by atoms with Crippen molar-refractivity contribution in [2.75, 3.05) is 37.5 Å². The fourth-order valence-corrected chi connectivity index (χ4v) is 6.48. The van der Waals surface area contributed by atoms with Gasteiger partial charge in [-0.1, -0.05) is 0 Å². The smallest absolute Gasteiger partial charge is 0.297 e. The molecule has 0 bridgehead atoms. The first-order valence-electron chi connectivity index (χ1n) is 15.8. The maximum atomic E-state index is 10.7. The number of anilines is 1. The molecule has 0 unspecified atom stereocenters. The second kappa shape index (κ2) is 24.7. The number of aromatic nitrogens is 1. The van der Waals surface area contributed by atoms with E-state index in [9.17, 15) is 44.2 Å². The Kier molecular flexibility index (Phi) is 22.9. The number of guanidine groups is 1. The van der Waals surface area contributed by atoms with Crippen LogP contribution in [-0.2, 0) is 30.2 Å². The lowest BCUT2D eigenvalue weighted by molar-refractivity contribution is -0.355. The molecular weight excluding hydrogens is 811 g/mol. The summed E-state index contributed by atoms with van der Waals surface area (Å²) < 4.78 is 38.5. The van der Waals surface area contributed by atoms with E-state index >= 15 is 0 Å². The number of nitrogens with one attached hydrogen (secondary N) is 4. The van der Waals surface area contributed by atoms with Gasteiger partial charge in [-0.15, -0.1) is 11.3 Å². The number of aliphatic hydroxyl groups is 14. The van der Waals surface area contributed by atoms with Crippen molar-refractivity contribution in [3.05, 3.63) is 11.1 Å². The van der Waals surface area contributed by atoms with E-state index in [0.29, 0.717) is 16.6 Å². The Morgan fingerprint density at radius 1 is 0.891 bits per heavy atom. The summed E-state index contributed by atoms with van der Waals surface area (Å²) in [5, 5.41) is 153. The topological polar surface area (TPSA) is 482 Å². The Bertz CT molecular complexity index is 1370. The zero-order valence-corrected chi connectivity index (χ0v) is 31.2. The summed E-state index contributed by atoms with van der Waals surface area (Å²) in [5.74, 6) is 0.880. The number of thioether (sulfide) groups is 1. The molecule has 322 valence electrons. The molecule has 2 saturated heterocycles. The molecule has 55 heavy (non-hydrogen) atoms. The number of aliphatic hydroxyl groups excluding tert-OH is 14. The standard InChI is InChI=1S/C12H22O11.C8H15N7O2S3.C6H14O6/c13-1-3-5(15)6(16)9(19)12(22-3)23-10-4(2-14)21-11(20)8(18)7(10)17;9-6(15-20(12,16)17)1-2-18-3-5-4-19-8(13-5)14-7(10)11;7-1-3(9)5(11)6(12)4(10)2-8/h3-20H,1-2H2;4H,1-3H2,(H2,9,15)(H2,12,16,17)(H4,10,11,13,14);3-12H,1-2H2/t3-,4-,5+,6+,7-,8-,9-,10-,11-,12+;;3-,4-,5-,6-/m1.1/s1. The second-order valence-electron chi connectivity index (χ2n) is 11.6. The monoisotopic (exact) mass is 861 g/mol. The molecule has 1 aromatic rings. The number of ether oxygens (including phenoxy) is 3. The van der Waals surface area contributed by atoms with Gasteiger partial charge in [0.25, 0.3) is 10.2 Å². The van der Waals surface area contributed by atoms with Crippen LogP contribution in [-0.4, -0.2) is 215 Å². The van der Waals surface area contributed by atoms with Crippen LogP contribution in [0.15, 0.2) is 5.38 Å². The molecule has 0 aliphatic carbocycles. The fourth-order valence-electron chi connectivity index (χ4n) is 4.36. The minimum atomic E-state index is -3.86. The van der Waals surface area contributed by atoms with Crippen molar-refractivity contribution < 1.29 is 94.1 Å². The van der Waals surface area contributed by atoms with E-state index in [-0.39, 0.29) is 18.2 Å². The highest BCUT2D eigenvalue weighted by molar-refractivity contribution is 7.98. The summed E-state index contributed by atoms with van der Waals surface area (Å²) in [6.07, 6.45) is -21.7. The third-order valence-electron chi connectivity index (χ3n) is 7.30. The molecule has 1 aromatic heterocycles. The molecule has 29 heteroatoms. The number of hydrogen-bond acceptors (Lipinski definition) is 24. The molecule has 14 atom stereocenters. The molecule has 26 nitrogen and oxygen atoms in total. The van der Waals surface area contributed by atoms with E-state index in [0.717, 1.165) is 5.69 Å². The van der Waals surface area contributed by atoms with Crippen molar-refractivity contribution >= 4 is 50.2 Å². The Morgan fingerprint density at radius 3 is 1.95 bits per heavy atom. The summed E-state index contributed by atoms with van der Waals surface area (Å²) >= 11 is 2.85. The van der Waals surface area contributed by atoms with Crippen LogP contribution in [0.3, 0.4) is 0 Å². The van der Waals surface area contributed by atoms with Gasteiger partial charge in [0, 0.05) is 23.3 Å². The van der Waals surface area contributed by atoms with Crippen LogP contribution in [0.4, 0.5) is 5.13 Å². The molecule has 3 heterocycles. The number of amidine groups is 1. The number of nitrogens with two attached hydrogens (primary N) is 2. The lowest BCUT2D eigenvalue weighted by Gasteiger charge is -2.45. The Hall–Kier alpha value is -2.05. The van der Waals surface area contributed by atoms with E-state index in [1.807, 2.05) is 10.1 Å². The zero-order chi connectivity index (χ0) is 42.2. The molecule has 22 N–H and O–H groups in total. The van der Waals surface area contributed by atoms with Gasteiger partial charge in [-0.05, 0) is 0 Å². The summed E-state index contributed by atoms with van der Waals surface area (Å²) in [7, 11) is -3.86. The Labute approximate surface area is 321 Å². The van der Waals surface area contributed by atoms with Crippen LogP contribution in [0.5, 0.6) is 0 Å². The minimum Gasteiger partial charge on any atom is -0.394 e. The van der Waals surface area contributed by atoms with Crippen molar-refractivity contribution in [2.24, 2.45) is 10.9 Å². The molecule has 2 aliphatic heterocycles. The maximum Gasteiger partial charge on any atom is 0.297 e. The molecule has 0 spiro atoms. The van der Waals surface area contributed by atoms with E-state index < -0.39 is 122 Å². The largest absolute Gasteiger partial charge is 0.394 e. The van der Waals surface area contributed by atoms with Gasteiger partial charge in [-0.2, -0.15) is 20.2 Å². The van der Waals surface area contributed by atoms with Crippen molar-refractivity contribution in [1.82, 2.24) is 9.71 Å². The number of hydrogen-bond donors (Lipinski definition) is 20. The molecule has 0 amide bonds.